The highest BCUT2D eigenvalue weighted by Gasteiger charge is 2.18. The number of amides is 1. The van der Waals surface area contributed by atoms with Crippen molar-refractivity contribution in [2.24, 2.45) is 5.41 Å². The van der Waals surface area contributed by atoms with Crippen LogP contribution in [0.25, 0.3) is 0 Å². The van der Waals surface area contributed by atoms with Crippen LogP contribution in [0.2, 0.25) is 0 Å². The second-order valence-electron chi connectivity index (χ2n) is 5.84. The van der Waals surface area contributed by atoms with Gasteiger partial charge in [0.05, 0.1) is 6.42 Å². The number of ether oxygens (including phenoxy) is 1. The molecule has 5 nitrogen and oxygen atoms in total. The molecule has 0 fully saturated rings. The maximum Gasteiger partial charge on any atom is 0.407 e. The maximum atomic E-state index is 11.3. The van der Waals surface area contributed by atoms with Crippen molar-refractivity contribution >= 4 is 12.1 Å². The lowest BCUT2D eigenvalue weighted by Gasteiger charge is -2.19. The minimum absolute atomic E-state index is 0.0515. The van der Waals surface area contributed by atoms with Gasteiger partial charge in [0, 0.05) is 6.54 Å². The number of hydrogen-bond acceptors (Lipinski definition) is 3. The number of carbonyl (C=O) groups excluding carboxylic acids is 1. The molecule has 0 aliphatic carbocycles. The molecule has 5 heteroatoms. The Morgan fingerprint density at radius 2 is 1.78 bits per heavy atom. The summed E-state index contributed by atoms with van der Waals surface area (Å²) in [6, 6.07) is 0. The molecule has 0 atom stereocenters. The zero-order chi connectivity index (χ0) is 14.4. The topological polar surface area (TPSA) is 75.6 Å². The largest absolute Gasteiger partial charge is 0.481 e. The average Bonchev–Trinajstić information content (AvgIpc) is 2.07. The Labute approximate surface area is 108 Å². The zero-order valence-electron chi connectivity index (χ0n) is 11.7. The van der Waals surface area contributed by atoms with Gasteiger partial charge in [-0.05, 0) is 26.2 Å². The molecule has 0 aromatic rings. The highest BCUT2D eigenvalue weighted by atomic mass is 16.6. The van der Waals surface area contributed by atoms with Crippen molar-refractivity contribution in [3.05, 3.63) is 12.2 Å². The van der Waals surface area contributed by atoms with Gasteiger partial charge in [-0.25, -0.2) is 4.79 Å². The highest BCUT2D eigenvalue weighted by molar-refractivity contribution is 5.68. The summed E-state index contributed by atoms with van der Waals surface area (Å²) < 4.78 is 5.06. The summed E-state index contributed by atoms with van der Waals surface area (Å²) in [5.74, 6) is -0.843. The Morgan fingerprint density at radius 3 is 2.22 bits per heavy atom. The van der Waals surface area contributed by atoms with Gasteiger partial charge in [0.25, 0.3) is 0 Å². The highest BCUT2D eigenvalue weighted by Crippen LogP contribution is 2.21. The van der Waals surface area contributed by atoms with E-state index in [9.17, 15) is 9.59 Å². The number of allylic oxidation sites excluding steroid dienone is 1. The Morgan fingerprint density at radius 1 is 1.22 bits per heavy atom. The summed E-state index contributed by atoms with van der Waals surface area (Å²) in [7, 11) is 0. The number of carbonyl (C=O) groups is 2. The molecule has 0 aromatic carbocycles. The van der Waals surface area contributed by atoms with Crippen LogP contribution in [0.15, 0.2) is 12.2 Å². The first-order valence-corrected chi connectivity index (χ1v) is 5.88. The maximum absolute atomic E-state index is 11.3. The molecule has 0 rings (SSSR count). The number of hydrogen-bond donors (Lipinski definition) is 2. The van der Waals surface area contributed by atoms with E-state index in [1.807, 2.05) is 13.8 Å². The fourth-order valence-corrected chi connectivity index (χ4v) is 1.28. The molecule has 0 saturated carbocycles. The third kappa shape index (κ3) is 9.69. The molecule has 0 bridgehead atoms. The predicted molar refractivity (Wildman–Crippen MR) is 69.4 cm³/mol. The number of alkyl carbamates (subject to hydrolysis) is 1. The number of nitrogens with one attached hydrogen (secondary N) is 1. The fraction of sp³-hybridized carbons (Fsp3) is 0.692. The van der Waals surface area contributed by atoms with Gasteiger partial charge in [0.15, 0.2) is 0 Å². The van der Waals surface area contributed by atoms with Crippen molar-refractivity contribution in [1.82, 2.24) is 5.32 Å². The predicted octanol–water partition coefficient (Wildman–Crippen LogP) is 2.57. The van der Waals surface area contributed by atoms with Crippen molar-refractivity contribution in [2.75, 3.05) is 6.54 Å². The number of aliphatic carboxylic acids is 1. The first-order valence-electron chi connectivity index (χ1n) is 5.88. The second kappa shape index (κ2) is 6.42. The third-order valence-corrected chi connectivity index (χ3v) is 1.94. The molecule has 0 aromatic heterocycles. The molecule has 0 unspecified atom stereocenters. The van der Waals surface area contributed by atoms with E-state index in [2.05, 4.69) is 5.32 Å². The summed E-state index contributed by atoms with van der Waals surface area (Å²) in [5.41, 5.74) is -0.947. The molecule has 2 N–H and O–H groups in total. The van der Waals surface area contributed by atoms with E-state index < -0.39 is 23.1 Å². The average molecular weight is 257 g/mol. The molecule has 0 radical (unpaired) electrons. The van der Waals surface area contributed by atoms with Crippen molar-refractivity contribution in [3.63, 3.8) is 0 Å². The van der Waals surface area contributed by atoms with Gasteiger partial charge in [0.2, 0.25) is 0 Å². The lowest BCUT2D eigenvalue weighted by Crippen LogP contribution is -2.32. The molecular formula is C13H23NO4. The lowest BCUT2D eigenvalue weighted by molar-refractivity contribution is -0.138. The van der Waals surface area contributed by atoms with Gasteiger partial charge in [-0.3, -0.25) is 4.79 Å². The summed E-state index contributed by atoms with van der Waals surface area (Å²) >= 11 is 0. The van der Waals surface area contributed by atoms with Crippen LogP contribution in [0.1, 0.15) is 41.0 Å². The molecule has 0 aliphatic heterocycles. The Bertz CT molecular complexity index is 326. The fourth-order valence-electron chi connectivity index (χ4n) is 1.28. The van der Waals surface area contributed by atoms with Gasteiger partial charge in [-0.2, -0.15) is 0 Å². The van der Waals surface area contributed by atoms with Gasteiger partial charge in [0.1, 0.15) is 5.60 Å². The van der Waals surface area contributed by atoms with E-state index in [4.69, 9.17) is 9.84 Å². The first-order chi connectivity index (χ1) is 8.02. The van der Waals surface area contributed by atoms with Gasteiger partial charge in [-0.1, -0.05) is 26.0 Å². The molecular weight excluding hydrogens is 234 g/mol. The third-order valence-electron chi connectivity index (χ3n) is 1.94. The summed E-state index contributed by atoms with van der Waals surface area (Å²) in [5, 5.41) is 11.3. The van der Waals surface area contributed by atoms with Crippen molar-refractivity contribution in [3.8, 4) is 0 Å². The van der Waals surface area contributed by atoms with Crippen LogP contribution in [0.3, 0.4) is 0 Å². The zero-order valence-corrected chi connectivity index (χ0v) is 11.7. The number of carboxylic acids is 1. The van der Waals surface area contributed by atoms with E-state index in [0.29, 0.717) is 6.54 Å². The molecule has 0 spiro atoms. The van der Waals surface area contributed by atoms with Crippen LogP contribution in [-0.4, -0.2) is 29.3 Å². The quantitative estimate of drug-likeness (QED) is 0.742. The van der Waals surface area contributed by atoms with Crippen LogP contribution in [0.4, 0.5) is 4.79 Å². The summed E-state index contributed by atoms with van der Waals surface area (Å²) in [6.07, 6.45) is 3.07. The van der Waals surface area contributed by atoms with Gasteiger partial charge >= 0.3 is 12.1 Å². The van der Waals surface area contributed by atoms with Crippen LogP contribution >= 0.6 is 0 Å². The van der Waals surface area contributed by atoms with Crippen molar-refractivity contribution in [1.29, 1.82) is 0 Å². The molecule has 18 heavy (non-hydrogen) atoms. The van der Waals surface area contributed by atoms with E-state index in [1.165, 1.54) is 0 Å². The first kappa shape index (κ1) is 16.5. The lowest BCUT2D eigenvalue weighted by atomic mass is 9.89. The van der Waals surface area contributed by atoms with Gasteiger partial charge in [-0.15, -0.1) is 0 Å². The Kier molecular flexibility index (Phi) is 5.88. The van der Waals surface area contributed by atoms with Crippen molar-refractivity contribution < 1.29 is 19.4 Å². The minimum Gasteiger partial charge on any atom is -0.481 e. The Balaban J connectivity index is 4.04. The van der Waals surface area contributed by atoms with Gasteiger partial charge < -0.3 is 15.2 Å². The Hall–Kier alpha value is -1.52. The normalized spacial score (nSPS) is 12.5. The SMILES string of the molecule is CC(C)(/C=C\CNC(=O)OC(C)(C)C)CC(=O)O. The van der Waals surface area contributed by atoms with Crippen molar-refractivity contribution in [2.45, 2.75) is 46.6 Å². The second-order valence-corrected chi connectivity index (χ2v) is 5.84. The smallest absolute Gasteiger partial charge is 0.407 e. The van der Waals surface area contributed by atoms with Crippen LogP contribution < -0.4 is 5.32 Å². The number of carboxylic acid groups (broad SMARTS) is 1. The van der Waals surface area contributed by atoms with Crippen LogP contribution in [0, 0.1) is 5.41 Å². The van der Waals surface area contributed by atoms with E-state index >= 15 is 0 Å². The number of rotatable bonds is 5. The standard InChI is InChI=1S/C13H23NO4/c1-12(2,3)18-11(17)14-8-6-7-13(4,5)9-10(15)16/h6-7H,8-9H2,1-5H3,(H,14,17)(H,15,16)/b7-6-. The monoisotopic (exact) mass is 257 g/mol. The molecule has 0 heterocycles. The van der Waals surface area contributed by atoms with Crippen LogP contribution in [-0.2, 0) is 9.53 Å². The summed E-state index contributed by atoms with van der Waals surface area (Å²) in [4.78, 5) is 21.9. The van der Waals surface area contributed by atoms with E-state index in [-0.39, 0.29) is 6.42 Å². The summed E-state index contributed by atoms with van der Waals surface area (Å²) in [6.45, 7) is 9.34. The molecule has 1 amide bonds. The molecule has 0 saturated heterocycles. The minimum atomic E-state index is -0.843. The van der Waals surface area contributed by atoms with Crippen LogP contribution in [0.5, 0.6) is 0 Å². The molecule has 0 aliphatic rings. The van der Waals surface area contributed by atoms with E-state index in [1.54, 1.807) is 32.9 Å². The molecule has 104 valence electrons. The van der Waals surface area contributed by atoms with E-state index in [0.717, 1.165) is 0 Å².